The summed E-state index contributed by atoms with van der Waals surface area (Å²) < 4.78 is 5.97. The second-order valence-electron chi connectivity index (χ2n) is 6.60. The highest BCUT2D eigenvalue weighted by atomic mass is 16.5. The molecule has 0 radical (unpaired) electrons. The number of rotatable bonds is 4. The monoisotopic (exact) mass is 324 g/mol. The third-order valence-electron chi connectivity index (χ3n) is 4.09. The van der Waals surface area contributed by atoms with E-state index in [9.17, 15) is 4.79 Å². The molecule has 0 aromatic heterocycles. The van der Waals surface area contributed by atoms with Crippen molar-refractivity contribution in [3.8, 4) is 5.75 Å². The minimum Gasteiger partial charge on any atom is -0.491 e. The molecular weight excluding hydrogens is 300 g/mol. The Morgan fingerprint density at radius 1 is 1.00 bits per heavy atom. The average molecular weight is 324 g/mol. The van der Waals surface area contributed by atoms with Crippen molar-refractivity contribution < 1.29 is 9.53 Å². The summed E-state index contributed by atoms with van der Waals surface area (Å²) in [6, 6.07) is 15.6. The number of carbonyl (C=O) groups excluding carboxylic acids is 1. The maximum Gasteiger partial charge on any atom is 0.258 e. The second kappa shape index (κ2) is 6.56. The third kappa shape index (κ3) is 2.96. The fourth-order valence-electron chi connectivity index (χ4n) is 3.10. The van der Waals surface area contributed by atoms with Crippen molar-refractivity contribution in [2.24, 2.45) is 0 Å². The SMILES string of the molecule is CC(C)Oc1ccccc1C1Nc2ccccc2C(=O)N1C(C)C. The molecule has 2 aromatic carbocycles. The Bertz CT molecular complexity index is 740. The molecule has 3 rings (SSSR count). The van der Waals surface area contributed by atoms with Gasteiger partial charge in [-0.05, 0) is 45.9 Å². The average Bonchev–Trinajstić information content (AvgIpc) is 2.54. The Labute approximate surface area is 143 Å². The van der Waals surface area contributed by atoms with Crippen molar-refractivity contribution in [3.63, 3.8) is 0 Å². The molecular formula is C20H24N2O2. The smallest absolute Gasteiger partial charge is 0.258 e. The molecule has 0 bridgehead atoms. The van der Waals surface area contributed by atoms with Crippen molar-refractivity contribution in [2.75, 3.05) is 5.32 Å². The molecule has 2 aromatic rings. The Morgan fingerprint density at radius 2 is 1.67 bits per heavy atom. The zero-order valence-corrected chi connectivity index (χ0v) is 14.6. The number of ether oxygens (including phenoxy) is 1. The van der Waals surface area contributed by atoms with E-state index in [1.165, 1.54) is 0 Å². The van der Waals surface area contributed by atoms with Gasteiger partial charge in [0.25, 0.3) is 5.91 Å². The van der Waals surface area contributed by atoms with Crippen LogP contribution in [0.3, 0.4) is 0 Å². The highest BCUT2D eigenvalue weighted by Crippen LogP contribution is 2.38. The van der Waals surface area contributed by atoms with Crippen LogP contribution in [0.4, 0.5) is 5.69 Å². The normalized spacial score (nSPS) is 17.0. The van der Waals surface area contributed by atoms with Gasteiger partial charge in [0.2, 0.25) is 0 Å². The maximum atomic E-state index is 13.0. The summed E-state index contributed by atoms with van der Waals surface area (Å²) in [5.41, 5.74) is 2.55. The highest BCUT2D eigenvalue weighted by molar-refractivity contribution is 6.01. The molecule has 0 saturated carbocycles. The molecule has 1 amide bonds. The first kappa shape index (κ1) is 16.4. The van der Waals surface area contributed by atoms with Crippen LogP contribution in [-0.4, -0.2) is 23.0 Å². The van der Waals surface area contributed by atoms with Gasteiger partial charge in [0.15, 0.2) is 0 Å². The largest absolute Gasteiger partial charge is 0.491 e. The summed E-state index contributed by atoms with van der Waals surface area (Å²) in [6.45, 7) is 8.08. The zero-order valence-electron chi connectivity index (χ0n) is 14.6. The molecule has 1 heterocycles. The van der Waals surface area contributed by atoms with Gasteiger partial charge in [-0.25, -0.2) is 0 Å². The predicted molar refractivity (Wildman–Crippen MR) is 96.3 cm³/mol. The minimum absolute atomic E-state index is 0.0451. The summed E-state index contributed by atoms with van der Waals surface area (Å²) in [6.07, 6.45) is -0.174. The zero-order chi connectivity index (χ0) is 17.3. The topological polar surface area (TPSA) is 41.6 Å². The molecule has 1 aliphatic heterocycles. The molecule has 0 spiro atoms. The Balaban J connectivity index is 2.08. The van der Waals surface area contributed by atoms with Crippen LogP contribution in [0.25, 0.3) is 0 Å². The van der Waals surface area contributed by atoms with Gasteiger partial charge in [-0.2, -0.15) is 0 Å². The molecule has 24 heavy (non-hydrogen) atoms. The van der Waals surface area contributed by atoms with Crippen molar-refractivity contribution in [1.82, 2.24) is 4.90 Å². The summed E-state index contributed by atoms with van der Waals surface area (Å²) in [4.78, 5) is 14.9. The van der Waals surface area contributed by atoms with E-state index < -0.39 is 0 Å². The number of fused-ring (bicyclic) bond motifs is 1. The Kier molecular flexibility index (Phi) is 4.47. The number of benzene rings is 2. The summed E-state index contributed by atoms with van der Waals surface area (Å²) in [5.74, 6) is 0.853. The van der Waals surface area contributed by atoms with E-state index in [0.717, 1.165) is 17.0 Å². The van der Waals surface area contributed by atoms with Gasteiger partial charge >= 0.3 is 0 Å². The number of hydrogen-bond acceptors (Lipinski definition) is 3. The van der Waals surface area contributed by atoms with E-state index in [2.05, 4.69) is 5.32 Å². The van der Waals surface area contributed by atoms with Crippen LogP contribution in [0.2, 0.25) is 0 Å². The first-order chi connectivity index (χ1) is 11.5. The standard InChI is InChI=1S/C20H24N2O2/c1-13(2)22-19(16-10-6-8-12-18(16)24-14(3)4)21-17-11-7-5-9-15(17)20(22)23/h5-14,19,21H,1-4H3. The lowest BCUT2D eigenvalue weighted by Crippen LogP contribution is -2.46. The van der Waals surface area contributed by atoms with Crippen molar-refractivity contribution >= 4 is 11.6 Å². The summed E-state index contributed by atoms with van der Waals surface area (Å²) in [5, 5.41) is 3.51. The Morgan fingerprint density at radius 3 is 2.38 bits per heavy atom. The van der Waals surface area contributed by atoms with E-state index in [1.807, 2.05) is 81.1 Å². The first-order valence-electron chi connectivity index (χ1n) is 8.43. The fraction of sp³-hybridized carbons (Fsp3) is 0.350. The summed E-state index contributed by atoms with van der Waals surface area (Å²) in [7, 11) is 0. The molecule has 0 fully saturated rings. The van der Waals surface area contributed by atoms with Crippen LogP contribution < -0.4 is 10.1 Å². The molecule has 1 atom stereocenters. The third-order valence-corrected chi connectivity index (χ3v) is 4.09. The summed E-state index contributed by atoms with van der Waals surface area (Å²) >= 11 is 0. The molecule has 1 unspecified atom stereocenters. The number of amides is 1. The number of anilines is 1. The van der Waals surface area contributed by atoms with Crippen molar-refractivity contribution in [3.05, 3.63) is 59.7 Å². The molecule has 1 aliphatic rings. The molecule has 0 aliphatic carbocycles. The fourth-order valence-corrected chi connectivity index (χ4v) is 3.10. The van der Waals surface area contributed by atoms with Gasteiger partial charge in [-0.3, -0.25) is 4.79 Å². The van der Waals surface area contributed by atoms with Gasteiger partial charge in [0.05, 0.1) is 11.7 Å². The number of carbonyl (C=O) groups is 1. The lowest BCUT2D eigenvalue weighted by Gasteiger charge is -2.41. The highest BCUT2D eigenvalue weighted by Gasteiger charge is 2.35. The van der Waals surface area contributed by atoms with Crippen molar-refractivity contribution in [1.29, 1.82) is 0 Å². The molecule has 4 nitrogen and oxygen atoms in total. The van der Waals surface area contributed by atoms with E-state index in [1.54, 1.807) is 0 Å². The minimum atomic E-state index is -0.248. The predicted octanol–water partition coefficient (Wildman–Crippen LogP) is 4.45. The molecule has 4 heteroatoms. The van der Waals surface area contributed by atoms with Crippen LogP contribution in [0.15, 0.2) is 48.5 Å². The molecule has 1 N–H and O–H groups in total. The van der Waals surface area contributed by atoms with Gasteiger partial charge in [0, 0.05) is 17.3 Å². The quantitative estimate of drug-likeness (QED) is 0.903. The van der Waals surface area contributed by atoms with E-state index in [4.69, 9.17) is 4.74 Å². The lowest BCUT2D eigenvalue weighted by molar-refractivity contribution is 0.0613. The number of nitrogens with one attached hydrogen (secondary N) is 1. The van der Waals surface area contributed by atoms with Gasteiger partial charge in [0.1, 0.15) is 11.9 Å². The number of hydrogen-bond donors (Lipinski definition) is 1. The first-order valence-corrected chi connectivity index (χ1v) is 8.43. The van der Waals surface area contributed by atoms with Crippen LogP contribution in [0, 0.1) is 0 Å². The van der Waals surface area contributed by atoms with Gasteiger partial charge in [-0.1, -0.05) is 30.3 Å². The van der Waals surface area contributed by atoms with Crippen LogP contribution in [0.1, 0.15) is 49.8 Å². The van der Waals surface area contributed by atoms with E-state index in [0.29, 0.717) is 5.56 Å². The van der Waals surface area contributed by atoms with Crippen LogP contribution >= 0.6 is 0 Å². The van der Waals surface area contributed by atoms with E-state index in [-0.39, 0.29) is 24.2 Å². The lowest BCUT2D eigenvalue weighted by atomic mass is 10.0. The van der Waals surface area contributed by atoms with Gasteiger partial charge in [-0.15, -0.1) is 0 Å². The van der Waals surface area contributed by atoms with Crippen LogP contribution in [-0.2, 0) is 0 Å². The van der Waals surface area contributed by atoms with Crippen LogP contribution in [0.5, 0.6) is 5.75 Å². The second-order valence-corrected chi connectivity index (χ2v) is 6.60. The molecule has 126 valence electrons. The maximum absolute atomic E-state index is 13.0. The molecule has 0 saturated heterocycles. The van der Waals surface area contributed by atoms with Gasteiger partial charge < -0.3 is 15.0 Å². The Hall–Kier alpha value is -2.49. The van der Waals surface area contributed by atoms with Crippen molar-refractivity contribution in [2.45, 2.75) is 46.0 Å². The van der Waals surface area contributed by atoms with E-state index >= 15 is 0 Å². The number of para-hydroxylation sites is 2. The number of nitrogens with zero attached hydrogens (tertiary/aromatic N) is 1.